The molecule has 1 amide bonds. The molecule has 2 atom stereocenters. The maximum Gasteiger partial charge on any atom is 0.407 e. The first kappa shape index (κ1) is 13.8. The van der Waals surface area contributed by atoms with Crippen LogP contribution in [0.5, 0.6) is 0 Å². The number of piperidine rings is 1. The van der Waals surface area contributed by atoms with E-state index in [0.717, 1.165) is 6.42 Å². The van der Waals surface area contributed by atoms with Gasteiger partial charge in [0, 0.05) is 0 Å². The second-order valence-corrected chi connectivity index (χ2v) is 5.16. The van der Waals surface area contributed by atoms with Crippen LogP contribution in [0.15, 0.2) is 0 Å². The van der Waals surface area contributed by atoms with Crippen molar-refractivity contribution in [1.29, 1.82) is 0 Å². The van der Waals surface area contributed by atoms with Gasteiger partial charge in [0.25, 0.3) is 0 Å². The molecule has 0 aromatic heterocycles. The van der Waals surface area contributed by atoms with Crippen LogP contribution in [0.2, 0.25) is 0 Å². The number of carboxylic acids is 1. The summed E-state index contributed by atoms with van der Waals surface area (Å²) < 4.78 is 5.10. The minimum atomic E-state index is -0.953. The summed E-state index contributed by atoms with van der Waals surface area (Å²) in [5, 5.41) is 14.5. The predicted octanol–water partition coefficient (Wildman–Crippen LogP) is 0.716. The van der Waals surface area contributed by atoms with Crippen LogP contribution >= 0.6 is 0 Å². The molecule has 0 bridgehead atoms. The van der Waals surface area contributed by atoms with Crippen molar-refractivity contribution in [2.75, 3.05) is 6.54 Å². The van der Waals surface area contributed by atoms with Crippen LogP contribution in [0.1, 0.15) is 33.6 Å². The highest BCUT2D eigenvalue weighted by atomic mass is 16.6. The van der Waals surface area contributed by atoms with E-state index in [0.29, 0.717) is 13.0 Å². The summed E-state index contributed by atoms with van der Waals surface area (Å²) in [4.78, 5) is 22.5. The Kier molecular flexibility index (Phi) is 4.34. The van der Waals surface area contributed by atoms with Gasteiger partial charge in [0.05, 0.1) is 6.04 Å². The molecule has 1 aliphatic heterocycles. The van der Waals surface area contributed by atoms with Crippen molar-refractivity contribution in [3.63, 3.8) is 0 Å². The van der Waals surface area contributed by atoms with Crippen LogP contribution in [0.3, 0.4) is 0 Å². The van der Waals surface area contributed by atoms with Crippen molar-refractivity contribution in [3.05, 3.63) is 0 Å². The Bertz CT molecular complexity index is 298. The van der Waals surface area contributed by atoms with E-state index in [4.69, 9.17) is 9.84 Å². The van der Waals surface area contributed by atoms with E-state index in [9.17, 15) is 9.59 Å². The zero-order valence-corrected chi connectivity index (χ0v) is 10.4. The Labute approximate surface area is 101 Å². The minimum absolute atomic E-state index is 0.420. The molecule has 6 nitrogen and oxygen atoms in total. The average Bonchev–Trinajstić information content (AvgIpc) is 2.14. The highest BCUT2D eigenvalue weighted by molar-refractivity contribution is 5.76. The third kappa shape index (κ3) is 4.60. The van der Waals surface area contributed by atoms with Crippen molar-refractivity contribution in [1.82, 2.24) is 10.6 Å². The summed E-state index contributed by atoms with van der Waals surface area (Å²) in [6.07, 6.45) is 0.908. The van der Waals surface area contributed by atoms with Gasteiger partial charge in [0.2, 0.25) is 0 Å². The van der Waals surface area contributed by atoms with Gasteiger partial charge in [-0.25, -0.2) is 4.79 Å². The number of nitrogens with one attached hydrogen (secondary N) is 2. The van der Waals surface area contributed by atoms with Crippen molar-refractivity contribution in [2.24, 2.45) is 0 Å². The summed E-state index contributed by atoms with van der Waals surface area (Å²) in [6, 6.07) is -1.16. The van der Waals surface area contributed by atoms with Crippen LogP contribution in [-0.2, 0) is 9.53 Å². The van der Waals surface area contributed by atoms with E-state index in [1.807, 2.05) is 0 Å². The standard InChI is InChI=1S/C11H20N2O4/c1-11(2,3)17-10(16)13-7-5-4-6-12-8(7)9(14)15/h7-8,12H,4-6H2,1-3H3,(H,13,16)(H,14,15)/t7-,8+/m0/s1. The zero-order chi connectivity index (χ0) is 13.1. The lowest BCUT2D eigenvalue weighted by molar-refractivity contribution is -0.140. The molecule has 1 saturated heterocycles. The molecule has 0 aromatic rings. The second kappa shape index (κ2) is 5.35. The SMILES string of the molecule is CC(C)(C)OC(=O)N[C@H]1CCCN[C@H]1C(=O)O. The summed E-state index contributed by atoms with van der Waals surface area (Å²) in [6.45, 7) is 5.95. The number of hydrogen-bond acceptors (Lipinski definition) is 4. The lowest BCUT2D eigenvalue weighted by atomic mass is 9.99. The molecule has 1 fully saturated rings. The van der Waals surface area contributed by atoms with Gasteiger partial charge in [-0.15, -0.1) is 0 Å². The molecule has 1 rings (SSSR count). The monoisotopic (exact) mass is 244 g/mol. The third-order valence-electron chi connectivity index (χ3n) is 2.43. The quantitative estimate of drug-likeness (QED) is 0.666. The molecule has 0 spiro atoms. The van der Waals surface area contributed by atoms with Gasteiger partial charge >= 0.3 is 12.1 Å². The van der Waals surface area contributed by atoms with Crippen LogP contribution in [-0.4, -0.2) is 41.4 Å². The number of aliphatic carboxylic acids is 1. The number of alkyl carbamates (subject to hydrolysis) is 1. The largest absolute Gasteiger partial charge is 0.480 e. The smallest absolute Gasteiger partial charge is 0.407 e. The number of ether oxygens (including phenoxy) is 1. The second-order valence-electron chi connectivity index (χ2n) is 5.16. The molecule has 0 aromatic carbocycles. The van der Waals surface area contributed by atoms with E-state index in [2.05, 4.69) is 10.6 Å². The van der Waals surface area contributed by atoms with Crippen LogP contribution in [0, 0.1) is 0 Å². The first-order valence-electron chi connectivity index (χ1n) is 5.75. The number of rotatable bonds is 2. The molecular weight excluding hydrogens is 224 g/mol. The fraction of sp³-hybridized carbons (Fsp3) is 0.818. The Morgan fingerprint density at radius 2 is 2.06 bits per heavy atom. The Hall–Kier alpha value is -1.30. The topological polar surface area (TPSA) is 87.7 Å². The molecule has 0 unspecified atom stereocenters. The van der Waals surface area contributed by atoms with Crippen LogP contribution in [0.25, 0.3) is 0 Å². The molecule has 0 radical (unpaired) electrons. The zero-order valence-electron chi connectivity index (χ0n) is 10.4. The van der Waals surface area contributed by atoms with E-state index in [1.54, 1.807) is 20.8 Å². The third-order valence-corrected chi connectivity index (χ3v) is 2.43. The van der Waals surface area contributed by atoms with E-state index >= 15 is 0 Å². The van der Waals surface area contributed by atoms with E-state index in [-0.39, 0.29) is 0 Å². The summed E-state index contributed by atoms with van der Waals surface area (Å²) in [5.41, 5.74) is -0.578. The Morgan fingerprint density at radius 3 is 2.59 bits per heavy atom. The van der Waals surface area contributed by atoms with Crippen molar-refractivity contribution < 1.29 is 19.4 Å². The maximum atomic E-state index is 11.5. The molecular formula is C11H20N2O4. The van der Waals surface area contributed by atoms with Crippen molar-refractivity contribution >= 4 is 12.1 Å². The maximum absolute atomic E-state index is 11.5. The highest BCUT2D eigenvalue weighted by Gasteiger charge is 2.32. The summed E-state index contributed by atoms with van der Waals surface area (Å²) >= 11 is 0. The molecule has 3 N–H and O–H groups in total. The predicted molar refractivity (Wildman–Crippen MR) is 61.8 cm³/mol. The number of carbonyl (C=O) groups is 2. The summed E-state index contributed by atoms with van der Waals surface area (Å²) in [7, 11) is 0. The van der Waals surface area contributed by atoms with Crippen LogP contribution < -0.4 is 10.6 Å². The van der Waals surface area contributed by atoms with Gasteiger partial charge in [-0.3, -0.25) is 4.79 Å². The lowest BCUT2D eigenvalue weighted by Crippen LogP contribution is -2.57. The number of carbonyl (C=O) groups excluding carboxylic acids is 1. The minimum Gasteiger partial charge on any atom is -0.480 e. The lowest BCUT2D eigenvalue weighted by Gasteiger charge is -2.31. The van der Waals surface area contributed by atoms with Gasteiger partial charge in [0.15, 0.2) is 0 Å². The van der Waals surface area contributed by atoms with Gasteiger partial charge in [-0.1, -0.05) is 0 Å². The van der Waals surface area contributed by atoms with Gasteiger partial charge < -0.3 is 20.5 Å². The number of hydrogen-bond donors (Lipinski definition) is 3. The summed E-state index contributed by atoms with van der Waals surface area (Å²) in [5.74, 6) is -0.953. The van der Waals surface area contributed by atoms with Gasteiger partial charge in [-0.2, -0.15) is 0 Å². The number of amides is 1. The Balaban J connectivity index is 2.53. The first-order chi connectivity index (χ1) is 7.79. The number of carboxylic acid groups (broad SMARTS) is 1. The Morgan fingerprint density at radius 1 is 1.41 bits per heavy atom. The normalized spacial score (nSPS) is 25.1. The van der Waals surface area contributed by atoms with Crippen LogP contribution in [0.4, 0.5) is 4.79 Å². The van der Waals surface area contributed by atoms with Crippen molar-refractivity contribution in [3.8, 4) is 0 Å². The molecule has 1 aliphatic rings. The van der Waals surface area contributed by atoms with E-state index in [1.165, 1.54) is 0 Å². The molecule has 0 aliphatic carbocycles. The molecule has 98 valence electrons. The van der Waals surface area contributed by atoms with E-state index < -0.39 is 29.7 Å². The van der Waals surface area contributed by atoms with Gasteiger partial charge in [-0.05, 0) is 40.2 Å². The molecule has 6 heteroatoms. The molecule has 1 heterocycles. The van der Waals surface area contributed by atoms with Crippen molar-refractivity contribution in [2.45, 2.75) is 51.3 Å². The van der Waals surface area contributed by atoms with Gasteiger partial charge in [0.1, 0.15) is 11.6 Å². The highest BCUT2D eigenvalue weighted by Crippen LogP contribution is 2.11. The fourth-order valence-electron chi connectivity index (χ4n) is 1.76. The molecule has 17 heavy (non-hydrogen) atoms. The molecule has 0 saturated carbocycles. The fourth-order valence-corrected chi connectivity index (χ4v) is 1.76. The first-order valence-corrected chi connectivity index (χ1v) is 5.75. The average molecular weight is 244 g/mol.